The summed E-state index contributed by atoms with van der Waals surface area (Å²) in [6.45, 7) is 5.86. The van der Waals surface area contributed by atoms with Crippen molar-refractivity contribution in [3.05, 3.63) is 58.7 Å². The predicted octanol–water partition coefficient (Wildman–Crippen LogP) is 2.92. The van der Waals surface area contributed by atoms with Crippen molar-refractivity contribution >= 4 is 17.5 Å². The van der Waals surface area contributed by atoms with Gasteiger partial charge in [-0.1, -0.05) is 35.9 Å². The number of rotatable bonds is 6. The van der Waals surface area contributed by atoms with Crippen molar-refractivity contribution in [2.75, 3.05) is 19.0 Å². The first-order valence-corrected chi connectivity index (χ1v) is 8.17. The Labute approximate surface area is 148 Å². The van der Waals surface area contributed by atoms with Crippen LogP contribution in [0.2, 0.25) is 0 Å². The normalized spacial score (nSPS) is 10.2. The highest BCUT2D eigenvalue weighted by molar-refractivity contribution is 5.96. The molecular formula is C20H24N2O3. The van der Waals surface area contributed by atoms with E-state index in [1.807, 2.05) is 51.1 Å². The lowest BCUT2D eigenvalue weighted by Crippen LogP contribution is -2.34. The SMILES string of the molecule is COc1ccccc1CC(=O)NCC(=O)Nc1c(C)cc(C)cc1C. The number of carbonyl (C=O) groups is 2. The van der Waals surface area contributed by atoms with Crippen LogP contribution in [-0.4, -0.2) is 25.5 Å². The molecule has 2 rings (SSSR count). The van der Waals surface area contributed by atoms with Crippen LogP contribution in [-0.2, 0) is 16.0 Å². The third-order valence-corrected chi connectivity index (χ3v) is 3.93. The Morgan fingerprint density at radius 2 is 1.64 bits per heavy atom. The zero-order chi connectivity index (χ0) is 18.4. The zero-order valence-corrected chi connectivity index (χ0v) is 15.1. The van der Waals surface area contributed by atoms with Gasteiger partial charge in [0.25, 0.3) is 0 Å². The van der Waals surface area contributed by atoms with E-state index in [-0.39, 0.29) is 24.8 Å². The molecule has 0 fully saturated rings. The number of nitrogens with one attached hydrogen (secondary N) is 2. The maximum atomic E-state index is 12.1. The van der Waals surface area contributed by atoms with Gasteiger partial charge in [0.05, 0.1) is 20.1 Å². The number of hydrogen-bond acceptors (Lipinski definition) is 3. The second-order valence-electron chi connectivity index (χ2n) is 6.09. The van der Waals surface area contributed by atoms with Gasteiger partial charge in [-0.2, -0.15) is 0 Å². The molecule has 5 heteroatoms. The molecule has 0 bridgehead atoms. The number of benzene rings is 2. The van der Waals surface area contributed by atoms with E-state index in [9.17, 15) is 9.59 Å². The highest BCUT2D eigenvalue weighted by Gasteiger charge is 2.11. The van der Waals surface area contributed by atoms with Crippen molar-refractivity contribution in [3.8, 4) is 5.75 Å². The smallest absolute Gasteiger partial charge is 0.243 e. The first-order chi connectivity index (χ1) is 11.9. The molecule has 0 saturated heterocycles. The van der Waals surface area contributed by atoms with Crippen LogP contribution in [0.15, 0.2) is 36.4 Å². The van der Waals surface area contributed by atoms with Gasteiger partial charge in [-0.25, -0.2) is 0 Å². The molecular weight excluding hydrogens is 316 g/mol. The van der Waals surface area contributed by atoms with Crippen LogP contribution < -0.4 is 15.4 Å². The number of methoxy groups -OCH3 is 1. The van der Waals surface area contributed by atoms with Crippen LogP contribution in [0.1, 0.15) is 22.3 Å². The number of anilines is 1. The van der Waals surface area contributed by atoms with Gasteiger partial charge in [-0.05, 0) is 38.0 Å². The van der Waals surface area contributed by atoms with Gasteiger partial charge in [-0.15, -0.1) is 0 Å². The van der Waals surface area contributed by atoms with Gasteiger partial charge in [0.2, 0.25) is 11.8 Å². The standard InChI is InChI=1S/C20H24N2O3/c1-13-9-14(2)20(15(3)10-13)22-19(24)12-21-18(23)11-16-7-5-6-8-17(16)25-4/h5-10H,11-12H2,1-4H3,(H,21,23)(H,22,24). The monoisotopic (exact) mass is 340 g/mol. The quantitative estimate of drug-likeness (QED) is 0.850. The Hall–Kier alpha value is -2.82. The van der Waals surface area contributed by atoms with Crippen molar-refractivity contribution in [2.45, 2.75) is 27.2 Å². The van der Waals surface area contributed by atoms with Gasteiger partial charge in [0.15, 0.2) is 0 Å². The van der Waals surface area contributed by atoms with Gasteiger partial charge in [-0.3, -0.25) is 9.59 Å². The number of aryl methyl sites for hydroxylation is 3. The summed E-state index contributed by atoms with van der Waals surface area (Å²) in [6, 6.07) is 11.4. The molecule has 0 unspecified atom stereocenters. The molecule has 0 radical (unpaired) electrons. The van der Waals surface area contributed by atoms with E-state index >= 15 is 0 Å². The van der Waals surface area contributed by atoms with E-state index in [1.165, 1.54) is 0 Å². The maximum Gasteiger partial charge on any atom is 0.243 e. The Balaban J connectivity index is 1.91. The molecule has 0 atom stereocenters. The number of para-hydroxylation sites is 1. The number of carbonyl (C=O) groups excluding carboxylic acids is 2. The third kappa shape index (κ3) is 5.08. The third-order valence-electron chi connectivity index (χ3n) is 3.93. The lowest BCUT2D eigenvalue weighted by molar-refractivity contribution is -0.123. The Kier molecular flexibility index (Phi) is 6.17. The molecule has 0 heterocycles. The van der Waals surface area contributed by atoms with Crippen LogP contribution >= 0.6 is 0 Å². The lowest BCUT2D eigenvalue weighted by atomic mass is 10.1. The molecule has 2 amide bonds. The van der Waals surface area contributed by atoms with Crippen LogP contribution in [0.5, 0.6) is 5.75 Å². The molecule has 0 saturated carbocycles. The minimum Gasteiger partial charge on any atom is -0.496 e. The van der Waals surface area contributed by atoms with Crippen molar-refractivity contribution in [1.29, 1.82) is 0 Å². The molecule has 25 heavy (non-hydrogen) atoms. The molecule has 0 aromatic heterocycles. The number of ether oxygens (including phenoxy) is 1. The van der Waals surface area contributed by atoms with Crippen molar-refractivity contribution in [2.24, 2.45) is 0 Å². The summed E-state index contributed by atoms with van der Waals surface area (Å²) < 4.78 is 5.23. The lowest BCUT2D eigenvalue weighted by Gasteiger charge is -2.13. The summed E-state index contributed by atoms with van der Waals surface area (Å²) in [5.41, 5.74) is 4.75. The van der Waals surface area contributed by atoms with Crippen molar-refractivity contribution in [3.63, 3.8) is 0 Å². The summed E-state index contributed by atoms with van der Waals surface area (Å²) in [5.74, 6) is 0.188. The fourth-order valence-electron chi connectivity index (χ4n) is 2.82. The Morgan fingerprint density at radius 1 is 1.00 bits per heavy atom. The summed E-state index contributed by atoms with van der Waals surface area (Å²) in [5, 5.41) is 5.52. The second-order valence-corrected chi connectivity index (χ2v) is 6.09. The summed E-state index contributed by atoms with van der Waals surface area (Å²) >= 11 is 0. The molecule has 0 spiro atoms. The van der Waals surface area contributed by atoms with Crippen molar-refractivity contribution in [1.82, 2.24) is 5.32 Å². The van der Waals surface area contributed by atoms with Gasteiger partial charge >= 0.3 is 0 Å². The minimum atomic E-state index is -0.247. The molecule has 0 aliphatic heterocycles. The van der Waals surface area contributed by atoms with E-state index in [2.05, 4.69) is 10.6 Å². The summed E-state index contributed by atoms with van der Waals surface area (Å²) in [6.07, 6.45) is 0.167. The van der Waals surface area contributed by atoms with Gasteiger partial charge in [0.1, 0.15) is 5.75 Å². The van der Waals surface area contributed by atoms with Gasteiger partial charge in [0, 0.05) is 11.3 Å². The average Bonchev–Trinajstić information content (AvgIpc) is 2.56. The van der Waals surface area contributed by atoms with E-state index in [4.69, 9.17) is 4.74 Å². The fourth-order valence-corrected chi connectivity index (χ4v) is 2.82. The van der Waals surface area contributed by atoms with Crippen LogP contribution in [0.25, 0.3) is 0 Å². The van der Waals surface area contributed by atoms with E-state index < -0.39 is 0 Å². The highest BCUT2D eigenvalue weighted by atomic mass is 16.5. The Morgan fingerprint density at radius 3 is 2.28 bits per heavy atom. The van der Waals surface area contributed by atoms with E-state index in [0.29, 0.717) is 5.75 Å². The molecule has 2 N–H and O–H groups in total. The van der Waals surface area contributed by atoms with Crippen LogP contribution in [0.3, 0.4) is 0 Å². The number of hydrogen-bond donors (Lipinski definition) is 2. The minimum absolute atomic E-state index is 0.0687. The largest absolute Gasteiger partial charge is 0.496 e. The summed E-state index contributed by atoms with van der Waals surface area (Å²) in [7, 11) is 1.57. The maximum absolute atomic E-state index is 12.1. The zero-order valence-electron chi connectivity index (χ0n) is 15.1. The summed E-state index contributed by atoms with van der Waals surface area (Å²) in [4.78, 5) is 24.2. The van der Waals surface area contributed by atoms with Crippen LogP contribution in [0, 0.1) is 20.8 Å². The van der Waals surface area contributed by atoms with Gasteiger partial charge < -0.3 is 15.4 Å². The highest BCUT2D eigenvalue weighted by Crippen LogP contribution is 2.21. The van der Waals surface area contributed by atoms with E-state index in [1.54, 1.807) is 13.2 Å². The Bertz CT molecular complexity index is 761. The molecule has 0 aliphatic carbocycles. The molecule has 5 nitrogen and oxygen atoms in total. The first kappa shape index (κ1) is 18.5. The molecule has 2 aromatic rings. The van der Waals surface area contributed by atoms with Crippen LogP contribution in [0.4, 0.5) is 5.69 Å². The second kappa shape index (κ2) is 8.33. The topological polar surface area (TPSA) is 67.4 Å². The molecule has 132 valence electrons. The molecule has 0 aliphatic rings. The molecule has 2 aromatic carbocycles. The van der Waals surface area contributed by atoms with E-state index in [0.717, 1.165) is 27.9 Å². The first-order valence-electron chi connectivity index (χ1n) is 8.17. The number of amides is 2. The van der Waals surface area contributed by atoms with Crippen molar-refractivity contribution < 1.29 is 14.3 Å². The fraction of sp³-hybridized carbons (Fsp3) is 0.300. The predicted molar refractivity (Wildman–Crippen MR) is 99.0 cm³/mol. The average molecular weight is 340 g/mol.